The van der Waals surface area contributed by atoms with Crippen LogP contribution >= 0.6 is 11.6 Å². The summed E-state index contributed by atoms with van der Waals surface area (Å²) in [6.45, 7) is 8.00. The number of nitriles is 1. The Kier molecular flexibility index (Phi) is 10.3. The number of nitrogens with one attached hydrogen (secondary N) is 1. The van der Waals surface area contributed by atoms with Crippen molar-refractivity contribution in [1.82, 2.24) is 10.2 Å². The zero-order valence-electron chi connectivity index (χ0n) is 22.5. The molecule has 1 unspecified atom stereocenters. The molecule has 1 atom stereocenters. The predicted octanol–water partition coefficient (Wildman–Crippen LogP) is 6.02. The summed E-state index contributed by atoms with van der Waals surface area (Å²) >= 11 is 6.33. The molecule has 0 aromatic heterocycles. The molecular weight excluding hydrogens is 496 g/mol. The third-order valence-electron chi connectivity index (χ3n) is 8.50. The molecule has 7 heteroatoms. The topological polar surface area (TPSA) is 79.6 Å². The van der Waals surface area contributed by atoms with E-state index in [0.29, 0.717) is 18.0 Å². The van der Waals surface area contributed by atoms with Gasteiger partial charge in [-0.25, -0.2) is 0 Å². The van der Waals surface area contributed by atoms with Gasteiger partial charge in [0.2, 0.25) is 0 Å². The first-order valence-corrected chi connectivity index (χ1v) is 14.5. The molecule has 2 aliphatic rings. The second-order valence-corrected chi connectivity index (χ2v) is 11.4. The summed E-state index contributed by atoms with van der Waals surface area (Å²) in [5, 5.41) is 23.3. The fourth-order valence-electron chi connectivity index (χ4n) is 5.94. The van der Waals surface area contributed by atoms with Gasteiger partial charge in [-0.2, -0.15) is 5.26 Å². The van der Waals surface area contributed by atoms with Gasteiger partial charge in [0.25, 0.3) is 5.91 Å². The van der Waals surface area contributed by atoms with Gasteiger partial charge in [0.1, 0.15) is 5.75 Å². The maximum atomic E-state index is 12.3. The number of hydrogen-bond acceptors (Lipinski definition) is 5. The van der Waals surface area contributed by atoms with E-state index in [2.05, 4.69) is 39.4 Å². The zero-order valence-corrected chi connectivity index (χ0v) is 23.3. The number of phenolic OH excluding ortho intramolecular Hbond substituents is 1. The largest absolute Gasteiger partial charge is 0.507 e. The Morgan fingerprint density at radius 2 is 1.87 bits per heavy atom. The summed E-state index contributed by atoms with van der Waals surface area (Å²) in [4.78, 5) is 17.3. The minimum absolute atomic E-state index is 0.00784. The van der Waals surface area contributed by atoms with Crippen LogP contribution in [-0.2, 0) is 0 Å². The number of carbonyl (C=O) groups is 1. The second kappa shape index (κ2) is 13.9. The van der Waals surface area contributed by atoms with E-state index in [1.165, 1.54) is 31.0 Å². The summed E-state index contributed by atoms with van der Waals surface area (Å²) in [5.74, 6) is 1.01. The van der Waals surface area contributed by atoms with Gasteiger partial charge in [0.05, 0.1) is 11.6 Å². The number of aryl methyl sites for hydroxylation is 1. The molecular formula is C31H41ClN4O2. The molecule has 2 N–H and O–H groups in total. The van der Waals surface area contributed by atoms with Crippen LogP contribution in [0.4, 0.5) is 5.69 Å². The molecule has 1 aliphatic carbocycles. The molecule has 1 amide bonds. The quantitative estimate of drug-likeness (QED) is 0.363. The number of carbonyl (C=O) groups excluding carboxylic acids is 1. The van der Waals surface area contributed by atoms with E-state index in [1.807, 2.05) is 6.92 Å². The first kappa shape index (κ1) is 28.3. The van der Waals surface area contributed by atoms with E-state index >= 15 is 0 Å². The fourth-order valence-corrected chi connectivity index (χ4v) is 6.12. The average Bonchev–Trinajstić information content (AvgIpc) is 2.94. The Labute approximate surface area is 232 Å². The number of anilines is 1. The molecule has 2 aromatic carbocycles. The minimum Gasteiger partial charge on any atom is -0.507 e. The van der Waals surface area contributed by atoms with Crippen LogP contribution in [0.1, 0.15) is 60.9 Å². The zero-order chi connectivity index (χ0) is 26.9. The SMILES string of the molecule is Cc1ccc(N2CCN(CCC3CCC(C(C#N)CCCNC(=O)c4ccccc4O)CC3)CC2)cc1Cl. The van der Waals surface area contributed by atoms with Gasteiger partial charge in [-0.1, -0.05) is 42.6 Å². The lowest BCUT2D eigenvalue weighted by Gasteiger charge is -2.37. The smallest absolute Gasteiger partial charge is 0.255 e. The average molecular weight is 537 g/mol. The van der Waals surface area contributed by atoms with Gasteiger partial charge >= 0.3 is 0 Å². The minimum atomic E-state index is -0.266. The molecule has 1 saturated heterocycles. The van der Waals surface area contributed by atoms with Crippen LogP contribution in [-0.4, -0.2) is 55.2 Å². The number of hydrogen-bond donors (Lipinski definition) is 2. The van der Waals surface area contributed by atoms with E-state index in [4.69, 9.17) is 11.6 Å². The molecule has 204 valence electrons. The number of benzene rings is 2. The van der Waals surface area contributed by atoms with Crippen LogP contribution in [0, 0.1) is 36.0 Å². The van der Waals surface area contributed by atoms with Crippen molar-refractivity contribution in [2.75, 3.05) is 44.2 Å². The van der Waals surface area contributed by atoms with Crippen LogP contribution < -0.4 is 10.2 Å². The number of rotatable bonds is 10. The second-order valence-electron chi connectivity index (χ2n) is 11.0. The standard InChI is InChI=1S/C31H41ClN4O2/c1-23-8-13-27(21-29(23)32)36-19-17-35(18-20-36)16-14-24-9-11-25(12-10-24)26(22-33)5-4-15-34-31(38)28-6-2-3-7-30(28)37/h2-3,6-8,13,21,24-26,37H,4-5,9-12,14-20H2,1H3,(H,34,38). The third kappa shape index (κ3) is 7.65. The summed E-state index contributed by atoms with van der Waals surface area (Å²) in [6, 6.07) is 15.5. The van der Waals surface area contributed by atoms with Crippen LogP contribution in [0.25, 0.3) is 0 Å². The molecule has 0 radical (unpaired) electrons. The van der Waals surface area contributed by atoms with Gasteiger partial charge in [-0.15, -0.1) is 0 Å². The summed E-state index contributed by atoms with van der Waals surface area (Å²) < 4.78 is 0. The van der Waals surface area contributed by atoms with Crippen molar-refractivity contribution in [3.8, 4) is 11.8 Å². The predicted molar refractivity (Wildman–Crippen MR) is 154 cm³/mol. The number of para-hydroxylation sites is 1. The summed E-state index contributed by atoms with van der Waals surface area (Å²) in [7, 11) is 0. The maximum absolute atomic E-state index is 12.3. The first-order chi connectivity index (χ1) is 18.4. The van der Waals surface area contributed by atoms with Crippen molar-refractivity contribution in [3.05, 3.63) is 58.6 Å². The fraction of sp³-hybridized carbons (Fsp3) is 0.548. The summed E-state index contributed by atoms with van der Waals surface area (Å²) in [6.07, 6.45) is 7.54. The molecule has 0 bridgehead atoms. The highest BCUT2D eigenvalue weighted by atomic mass is 35.5. The van der Waals surface area contributed by atoms with Crippen molar-refractivity contribution in [2.24, 2.45) is 17.8 Å². The van der Waals surface area contributed by atoms with Crippen LogP contribution in [0.5, 0.6) is 5.75 Å². The van der Waals surface area contributed by atoms with Crippen LogP contribution in [0.3, 0.4) is 0 Å². The van der Waals surface area contributed by atoms with Crippen molar-refractivity contribution < 1.29 is 9.90 Å². The van der Waals surface area contributed by atoms with E-state index < -0.39 is 0 Å². The van der Waals surface area contributed by atoms with Crippen molar-refractivity contribution in [2.45, 2.75) is 51.9 Å². The highest BCUT2D eigenvalue weighted by Gasteiger charge is 2.28. The number of phenols is 1. The highest BCUT2D eigenvalue weighted by Crippen LogP contribution is 2.36. The lowest BCUT2D eigenvalue weighted by atomic mass is 9.74. The number of amides is 1. The van der Waals surface area contributed by atoms with Crippen LogP contribution in [0.15, 0.2) is 42.5 Å². The van der Waals surface area contributed by atoms with E-state index in [9.17, 15) is 15.2 Å². The van der Waals surface area contributed by atoms with Crippen LogP contribution in [0.2, 0.25) is 5.02 Å². The molecule has 6 nitrogen and oxygen atoms in total. The Balaban J connectivity index is 1.11. The number of piperazine rings is 1. The molecule has 4 rings (SSSR count). The van der Waals surface area contributed by atoms with Gasteiger partial charge < -0.3 is 15.3 Å². The Bertz CT molecular complexity index is 1100. The Hall–Kier alpha value is -2.75. The van der Waals surface area contributed by atoms with E-state index in [-0.39, 0.29) is 17.6 Å². The Morgan fingerprint density at radius 1 is 1.13 bits per heavy atom. The summed E-state index contributed by atoms with van der Waals surface area (Å²) in [5.41, 5.74) is 2.64. The Morgan fingerprint density at radius 3 is 2.55 bits per heavy atom. The van der Waals surface area contributed by atoms with Crippen molar-refractivity contribution in [1.29, 1.82) is 5.26 Å². The molecule has 2 fully saturated rings. The number of aromatic hydroxyl groups is 1. The normalized spacial score (nSPS) is 21.0. The van der Waals surface area contributed by atoms with Crippen molar-refractivity contribution in [3.63, 3.8) is 0 Å². The van der Waals surface area contributed by atoms with E-state index in [1.54, 1.807) is 18.2 Å². The van der Waals surface area contributed by atoms with Gasteiger partial charge in [-0.05, 0) is 87.2 Å². The highest BCUT2D eigenvalue weighted by molar-refractivity contribution is 6.31. The van der Waals surface area contributed by atoms with Gasteiger partial charge in [0, 0.05) is 49.4 Å². The number of halogens is 1. The van der Waals surface area contributed by atoms with E-state index in [0.717, 1.165) is 74.9 Å². The molecule has 1 aliphatic heterocycles. The molecule has 38 heavy (non-hydrogen) atoms. The third-order valence-corrected chi connectivity index (χ3v) is 8.91. The molecule has 0 spiro atoms. The van der Waals surface area contributed by atoms with Crippen molar-refractivity contribution >= 4 is 23.2 Å². The molecule has 1 heterocycles. The molecule has 2 aromatic rings. The van der Waals surface area contributed by atoms with Gasteiger partial charge in [-0.3, -0.25) is 9.69 Å². The maximum Gasteiger partial charge on any atom is 0.255 e. The first-order valence-electron chi connectivity index (χ1n) is 14.1. The molecule has 1 saturated carbocycles. The van der Waals surface area contributed by atoms with Gasteiger partial charge in [0.15, 0.2) is 0 Å². The monoisotopic (exact) mass is 536 g/mol. The lowest BCUT2D eigenvalue weighted by molar-refractivity contribution is 0.0949. The number of nitrogens with zero attached hydrogens (tertiary/aromatic N) is 3. The lowest BCUT2D eigenvalue weighted by Crippen LogP contribution is -2.47.